The van der Waals surface area contributed by atoms with E-state index in [0.29, 0.717) is 24.3 Å². The van der Waals surface area contributed by atoms with Gasteiger partial charge in [-0.1, -0.05) is 60.2 Å². The van der Waals surface area contributed by atoms with Gasteiger partial charge in [0, 0.05) is 44.6 Å². The highest BCUT2D eigenvalue weighted by Gasteiger charge is 2.27. The van der Waals surface area contributed by atoms with Crippen LogP contribution in [0.25, 0.3) is 11.8 Å². The van der Waals surface area contributed by atoms with Gasteiger partial charge in [0.05, 0.1) is 5.56 Å². The molecule has 1 saturated heterocycles. The Morgan fingerprint density at radius 1 is 1.03 bits per heavy atom. The summed E-state index contributed by atoms with van der Waals surface area (Å²) in [5.41, 5.74) is 5.25. The molecule has 0 unspecified atom stereocenters. The molecule has 0 atom stereocenters. The number of hydrogen-bond acceptors (Lipinski definition) is 3. The topological polar surface area (TPSA) is 52.3 Å². The molecule has 3 aromatic rings. The summed E-state index contributed by atoms with van der Waals surface area (Å²) in [6.07, 6.45) is 6.13. The van der Waals surface area contributed by atoms with Gasteiger partial charge in [0.2, 0.25) is 0 Å². The molecule has 0 radical (unpaired) electrons. The molecule has 2 aromatic carbocycles. The molecule has 4 rings (SSSR count). The lowest BCUT2D eigenvalue weighted by atomic mass is 10.1. The quantitative estimate of drug-likeness (QED) is 0.609. The number of piperazine rings is 1. The summed E-state index contributed by atoms with van der Waals surface area (Å²) in [6.45, 7) is 7.88. The summed E-state index contributed by atoms with van der Waals surface area (Å²) >= 11 is 0. The van der Waals surface area contributed by atoms with Gasteiger partial charge in [-0.15, -0.1) is 0 Å². The first-order valence-electron chi connectivity index (χ1n) is 11.0. The first kappa shape index (κ1) is 21.6. The molecule has 1 fully saturated rings. The van der Waals surface area contributed by atoms with Crippen molar-refractivity contribution in [2.75, 3.05) is 32.7 Å². The Morgan fingerprint density at radius 3 is 2.47 bits per heavy atom. The van der Waals surface area contributed by atoms with E-state index in [-0.39, 0.29) is 5.91 Å². The zero-order chi connectivity index (χ0) is 22.5. The normalized spacial score (nSPS) is 14.6. The van der Waals surface area contributed by atoms with Crippen molar-refractivity contribution in [2.24, 2.45) is 0 Å². The second kappa shape index (κ2) is 9.67. The van der Waals surface area contributed by atoms with Crippen LogP contribution < -0.4 is 0 Å². The molecule has 0 saturated carbocycles. The highest BCUT2D eigenvalue weighted by atomic mass is 16.2. The SMILES string of the molecule is Cc1ccc(-n2ccc(C#N)c2C(=O)N2CCN(CC=Cc3ccccc3)CC2)c(C)c1. The summed E-state index contributed by atoms with van der Waals surface area (Å²) in [5, 5.41) is 9.62. The number of carbonyl (C=O) groups is 1. The average Bonchev–Trinajstić information content (AvgIpc) is 3.23. The van der Waals surface area contributed by atoms with E-state index in [4.69, 9.17) is 0 Å². The third-order valence-electron chi connectivity index (χ3n) is 5.95. The van der Waals surface area contributed by atoms with Crippen LogP contribution in [0.3, 0.4) is 0 Å². The molecule has 162 valence electrons. The molecule has 0 N–H and O–H groups in total. The molecule has 1 aliphatic rings. The number of carbonyl (C=O) groups excluding carboxylic acids is 1. The number of aromatic nitrogens is 1. The van der Waals surface area contributed by atoms with Crippen molar-refractivity contribution < 1.29 is 4.79 Å². The van der Waals surface area contributed by atoms with Gasteiger partial charge in [0.25, 0.3) is 5.91 Å². The zero-order valence-electron chi connectivity index (χ0n) is 18.7. The van der Waals surface area contributed by atoms with Gasteiger partial charge in [-0.2, -0.15) is 5.26 Å². The maximum absolute atomic E-state index is 13.4. The lowest BCUT2D eigenvalue weighted by Gasteiger charge is -2.34. The van der Waals surface area contributed by atoms with Crippen LogP contribution in [-0.2, 0) is 0 Å². The Hall–Kier alpha value is -3.62. The fourth-order valence-corrected chi connectivity index (χ4v) is 4.20. The smallest absolute Gasteiger partial charge is 0.272 e. The summed E-state index contributed by atoms with van der Waals surface area (Å²) in [6, 6.07) is 20.3. The molecule has 1 aliphatic heterocycles. The van der Waals surface area contributed by atoms with Gasteiger partial charge in [-0.3, -0.25) is 9.69 Å². The second-order valence-electron chi connectivity index (χ2n) is 8.26. The molecule has 0 spiro atoms. The van der Waals surface area contributed by atoms with Crippen LogP contribution in [0.1, 0.15) is 32.7 Å². The van der Waals surface area contributed by atoms with Crippen LogP contribution in [-0.4, -0.2) is 53.0 Å². The molecule has 2 heterocycles. The van der Waals surface area contributed by atoms with Crippen molar-refractivity contribution in [3.05, 3.63) is 94.8 Å². The molecule has 32 heavy (non-hydrogen) atoms. The van der Waals surface area contributed by atoms with Crippen LogP contribution >= 0.6 is 0 Å². The summed E-state index contributed by atoms with van der Waals surface area (Å²) in [5.74, 6) is -0.0778. The minimum Gasteiger partial charge on any atom is -0.335 e. The van der Waals surface area contributed by atoms with E-state index < -0.39 is 0 Å². The van der Waals surface area contributed by atoms with Gasteiger partial charge in [-0.25, -0.2) is 0 Å². The Morgan fingerprint density at radius 2 is 1.78 bits per heavy atom. The maximum atomic E-state index is 13.4. The lowest BCUT2D eigenvalue weighted by Crippen LogP contribution is -2.49. The maximum Gasteiger partial charge on any atom is 0.272 e. The number of benzene rings is 2. The number of amides is 1. The van der Waals surface area contributed by atoms with Gasteiger partial charge >= 0.3 is 0 Å². The van der Waals surface area contributed by atoms with Crippen LogP contribution in [0.2, 0.25) is 0 Å². The second-order valence-corrected chi connectivity index (χ2v) is 8.26. The first-order chi connectivity index (χ1) is 15.6. The van der Waals surface area contributed by atoms with E-state index in [1.54, 1.807) is 6.07 Å². The number of hydrogen-bond donors (Lipinski definition) is 0. The molecule has 0 aliphatic carbocycles. The van der Waals surface area contributed by atoms with E-state index in [9.17, 15) is 10.1 Å². The predicted molar refractivity (Wildman–Crippen MR) is 128 cm³/mol. The van der Waals surface area contributed by atoms with Crippen molar-refractivity contribution in [1.29, 1.82) is 5.26 Å². The van der Waals surface area contributed by atoms with Gasteiger partial charge in [0.1, 0.15) is 11.8 Å². The molecule has 5 nitrogen and oxygen atoms in total. The summed E-state index contributed by atoms with van der Waals surface area (Å²) in [7, 11) is 0. The van der Waals surface area contributed by atoms with Gasteiger partial charge < -0.3 is 9.47 Å². The van der Waals surface area contributed by atoms with Crippen molar-refractivity contribution in [1.82, 2.24) is 14.4 Å². The Balaban J connectivity index is 1.45. The van der Waals surface area contributed by atoms with Crippen LogP contribution in [0.15, 0.2) is 66.9 Å². The molecular weight excluding hydrogens is 396 g/mol. The molecule has 1 aromatic heterocycles. The monoisotopic (exact) mass is 424 g/mol. The number of rotatable bonds is 5. The largest absolute Gasteiger partial charge is 0.335 e. The molecule has 1 amide bonds. The van der Waals surface area contributed by atoms with E-state index in [0.717, 1.165) is 30.9 Å². The highest BCUT2D eigenvalue weighted by molar-refractivity contribution is 5.96. The standard InChI is InChI=1S/C27H28N4O/c1-21-10-11-25(22(2)19-21)31-14-12-24(20-28)26(31)27(32)30-17-15-29(16-18-30)13-6-9-23-7-4-3-5-8-23/h3-12,14,19H,13,15-18H2,1-2H3. The predicted octanol–water partition coefficient (Wildman–Crippen LogP) is 4.44. The van der Waals surface area contributed by atoms with Gasteiger partial charge in [-0.05, 0) is 37.1 Å². The first-order valence-corrected chi connectivity index (χ1v) is 11.0. The highest BCUT2D eigenvalue weighted by Crippen LogP contribution is 2.23. The van der Waals surface area contributed by atoms with Crippen molar-refractivity contribution in [3.8, 4) is 11.8 Å². The lowest BCUT2D eigenvalue weighted by molar-refractivity contribution is 0.0642. The average molecular weight is 425 g/mol. The van der Waals surface area contributed by atoms with Crippen LogP contribution in [0, 0.1) is 25.2 Å². The summed E-state index contributed by atoms with van der Waals surface area (Å²) < 4.78 is 1.87. The summed E-state index contributed by atoms with van der Waals surface area (Å²) in [4.78, 5) is 17.7. The Labute approximate surface area is 189 Å². The Kier molecular flexibility index (Phi) is 6.53. The van der Waals surface area contributed by atoms with Gasteiger partial charge in [0.15, 0.2) is 0 Å². The number of aryl methyl sites for hydroxylation is 2. The molecular formula is C27H28N4O. The minimum absolute atomic E-state index is 0.0778. The van der Waals surface area contributed by atoms with Crippen molar-refractivity contribution in [3.63, 3.8) is 0 Å². The number of nitriles is 1. The van der Waals surface area contributed by atoms with Crippen molar-refractivity contribution in [2.45, 2.75) is 13.8 Å². The van der Waals surface area contributed by atoms with E-state index >= 15 is 0 Å². The fraction of sp³-hybridized carbons (Fsp3) is 0.259. The molecule has 5 heteroatoms. The van der Waals surface area contributed by atoms with Crippen molar-refractivity contribution >= 4 is 12.0 Å². The van der Waals surface area contributed by atoms with Crippen LogP contribution in [0.5, 0.6) is 0 Å². The zero-order valence-corrected chi connectivity index (χ0v) is 18.7. The van der Waals surface area contributed by atoms with E-state index in [1.807, 2.05) is 59.8 Å². The van der Waals surface area contributed by atoms with Crippen LogP contribution in [0.4, 0.5) is 0 Å². The number of nitrogens with zero attached hydrogens (tertiary/aromatic N) is 4. The third kappa shape index (κ3) is 4.66. The van der Waals surface area contributed by atoms with E-state index in [2.05, 4.69) is 41.3 Å². The molecule has 0 bridgehead atoms. The van der Waals surface area contributed by atoms with E-state index in [1.165, 1.54) is 11.1 Å². The Bertz CT molecular complexity index is 1160. The third-order valence-corrected chi connectivity index (χ3v) is 5.95. The fourth-order valence-electron chi connectivity index (χ4n) is 4.20. The minimum atomic E-state index is -0.0778.